The van der Waals surface area contributed by atoms with Gasteiger partial charge in [0.25, 0.3) is 0 Å². The van der Waals surface area contributed by atoms with E-state index in [2.05, 4.69) is 25.3 Å². The van der Waals surface area contributed by atoms with Gasteiger partial charge in [-0.15, -0.1) is 11.8 Å². The van der Waals surface area contributed by atoms with Gasteiger partial charge in [-0.1, -0.05) is 33.6 Å². The smallest absolute Gasteiger partial charge is 0.315 e. The maximum Gasteiger partial charge on any atom is 0.315 e. The monoisotopic (exact) mass is 389 g/mol. The Bertz CT molecular complexity index is 828. The zero-order chi connectivity index (χ0) is 19.8. The van der Waals surface area contributed by atoms with Gasteiger partial charge < -0.3 is 14.4 Å². The van der Waals surface area contributed by atoms with Crippen molar-refractivity contribution < 1.29 is 14.6 Å². The SMILES string of the molecule is CCOC(=O)C(c1c(SC(C)(C)C)c2cc(O)ccc2n1C)C1CCCC1. The van der Waals surface area contributed by atoms with Crippen LogP contribution in [0.2, 0.25) is 0 Å². The van der Waals surface area contributed by atoms with Crippen molar-refractivity contribution in [3.05, 3.63) is 23.9 Å². The van der Waals surface area contributed by atoms with Crippen LogP contribution in [0.1, 0.15) is 65.0 Å². The zero-order valence-corrected chi connectivity index (χ0v) is 17.9. The standard InChI is InChI=1S/C22H31NO3S/c1-6-26-21(25)18(14-9-7-8-10-14)19-20(27-22(2,3)4)16-13-15(24)11-12-17(16)23(19)5/h11-14,18,24H,6-10H2,1-5H3. The molecule has 1 atom stereocenters. The molecule has 0 radical (unpaired) electrons. The van der Waals surface area contributed by atoms with E-state index >= 15 is 0 Å². The number of thioether (sulfide) groups is 1. The van der Waals surface area contributed by atoms with E-state index in [9.17, 15) is 9.90 Å². The number of nitrogens with zero attached hydrogens (tertiary/aromatic N) is 1. The molecule has 1 aromatic carbocycles. The second-order valence-electron chi connectivity index (χ2n) is 8.46. The summed E-state index contributed by atoms with van der Waals surface area (Å²) < 4.78 is 7.65. The Hall–Kier alpha value is -1.62. The van der Waals surface area contributed by atoms with Gasteiger partial charge in [0.2, 0.25) is 0 Å². The number of hydrogen-bond acceptors (Lipinski definition) is 4. The second kappa shape index (κ2) is 7.78. The number of hydrogen-bond donors (Lipinski definition) is 1. The summed E-state index contributed by atoms with van der Waals surface area (Å²) >= 11 is 1.77. The quantitative estimate of drug-likeness (QED) is 0.533. The van der Waals surface area contributed by atoms with Crippen molar-refractivity contribution in [2.24, 2.45) is 13.0 Å². The highest BCUT2D eigenvalue weighted by Gasteiger charge is 2.38. The molecule has 1 aliphatic rings. The first kappa shape index (κ1) is 20.1. The summed E-state index contributed by atoms with van der Waals surface area (Å²) in [5.41, 5.74) is 2.09. The zero-order valence-electron chi connectivity index (χ0n) is 17.0. The van der Waals surface area contributed by atoms with E-state index in [-0.39, 0.29) is 22.4 Å². The minimum absolute atomic E-state index is 0.0105. The van der Waals surface area contributed by atoms with Gasteiger partial charge in [0.15, 0.2) is 0 Å². The molecule has 27 heavy (non-hydrogen) atoms. The molecule has 0 aliphatic heterocycles. The minimum Gasteiger partial charge on any atom is -0.508 e. The average Bonchev–Trinajstić information content (AvgIpc) is 3.17. The lowest BCUT2D eigenvalue weighted by Crippen LogP contribution is -2.25. The van der Waals surface area contributed by atoms with Gasteiger partial charge in [0.05, 0.1) is 6.61 Å². The van der Waals surface area contributed by atoms with Gasteiger partial charge >= 0.3 is 5.97 Å². The number of fused-ring (bicyclic) bond motifs is 1. The number of phenols is 1. The molecule has 1 aliphatic carbocycles. The number of benzene rings is 1. The van der Waals surface area contributed by atoms with Crippen molar-refractivity contribution in [3.63, 3.8) is 0 Å². The molecule has 1 aromatic heterocycles. The van der Waals surface area contributed by atoms with Crippen LogP contribution in [0.15, 0.2) is 23.1 Å². The number of carbonyl (C=O) groups excluding carboxylic acids is 1. The summed E-state index contributed by atoms with van der Waals surface area (Å²) in [5, 5.41) is 11.1. The fourth-order valence-electron chi connectivity index (χ4n) is 4.23. The largest absolute Gasteiger partial charge is 0.508 e. The molecule has 1 N–H and O–H groups in total. The topological polar surface area (TPSA) is 51.5 Å². The molecule has 1 heterocycles. The molecule has 148 valence electrons. The van der Waals surface area contributed by atoms with Crippen molar-refractivity contribution >= 4 is 28.6 Å². The van der Waals surface area contributed by atoms with E-state index in [0.29, 0.717) is 12.5 Å². The highest BCUT2D eigenvalue weighted by molar-refractivity contribution is 8.00. The van der Waals surface area contributed by atoms with E-state index < -0.39 is 0 Å². The summed E-state index contributed by atoms with van der Waals surface area (Å²) in [7, 11) is 2.03. The van der Waals surface area contributed by atoms with Crippen LogP contribution >= 0.6 is 11.8 Å². The van der Waals surface area contributed by atoms with Gasteiger partial charge in [0, 0.05) is 33.3 Å². The maximum atomic E-state index is 13.1. The van der Waals surface area contributed by atoms with Gasteiger partial charge in [-0.2, -0.15) is 0 Å². The fourth-order valence-corrected chi connectivity index (χ4v) is 5.49. The molecular weight excluding hydrogens is 358 g/mol. The predicted octanol–water partition coefficient (Wildman–Crippen LogP) is 5.61. The number of aryl methyl sites for hydroxylation is 1. The molecular formula is C22H31NO3S. The first-order valence-corrected chi connectivity index (χ1v) is 10.7. The van der Waals surface area contributed by atoms with Crippen molar-refractivity contribution in [2.75, 3.05) is 6.61 Å². The van der Waals surface area contributed by atoms with E-state index in [0.717, 1.165) is 34.3 Å². The first-order valence-electron chi connectivity index (χ1n) is 9.90. The Kier molecular flexibility index (Phi) is 5.80. The molecule has 3 rings (SSSR count). The summed E-state index contributed by atoms with van der Waals surface area (Å²) in [4.78, 5) is 14.1. The Morgan fingerprint density at radius 1 is 1.33 bits per heavy atom. The minimum atomic E-state index is -0.253. The Balaban J connectivity index is 2.23. The molecule has 5 heteroatoms. The van der Waals surface area contributed by atoms with Crippen LogP contribution in [0.4, 0.5) is 0 Å². The highest BCUT2D eigenvalue weighted by Crippen LogP contribution is 2.48. The number of carbonyl (C=O) groups is 1. The van der Waals surface area contributed by atoms with E-state index in [1.807, 2.05) is 26.1 Å². The number of ether oxygens (including phenoxy) is 1. The summed E-state index contributed by atoms with van der Waals surface area (Å²) in [6.45, 7) is 8.80. The third-order valence-corrected chi connectivity index (χ3v) is 6.54. The van der Waals surface area contributed by atoms with E-state index in [4.69, 9.17) is 4.74 Å². The van der Waals surface area contributed by atoms with Crippen LogP contribution < -0.4 is 0 Å². The predicted molar refractivity (Wildman–Crippen MR) is 112 cm³/mol. The molecule has 1 fully saturated rings. The Labute approximate surface area is 166 Å². The van der Waals surface area contributed by atoms with Crippen molar-refractivity contribution in [1.82, 2.24) is 4.57 Å². The lowest BCUT2D eigenvalue weighted by molar-refractivity contribution is -0.146. The molecule has 0 saturated heterocycles. The van der Waals surface area contributed by atoms with Crippen molar-refractivity contribution in [3.8, 4) is 5.75 Å². The molecule has 1 saturated carbocycles. The summed E-state index contributed by atoms with van der Waals surface area (Å²) in [5.74, 6) is 0.205. The van der Waals surface area contributed by atoms with Crippen molar-refractivity contribution in [2.45, 2.75) is 68.9 Å². The van der Waals surface area contributed by atoms with Crippen LogP contribution in [0.25, 0.3) is 10.9 Å². The number of phenolic OH excluding ortho intramolecular Hbond substituents is 1. The Morgan fingerprint density at radius 3 is 2.59 bits per heavy atom. The normalized spacial score (nSPS) is 16.8. The van der Waals surface area contributed by atoms with Crippen molar-refractivity contribution in [1.29, 1.82) is 0 Å². The van der Waals surface area contributed by atoms with Gasteiger partial charge in [-0.05, 0) is 43.9 Å². The molecule has 0 amide bonds. The number of rotatable bonds is 5. The lowest BCUT2D eigenvalue weighted by atomic mass is 9.88. The number of esters is 1. The second-order valence-corrected chi connectivity index (χ2v) is 10.3. The Morgan fingerprint density at radius 2 is 2.00 bits per heavy atom. The highest BCUT2D eigenvalue weighted by atomic mass is 32.2. The third-order valence-electron chi connectivity index (χ3n) is 5.29. The molecule has 0 bridgehead atoms. The molecule has 0 spiro atoms. The lowest BCUT2D eigenvalue weighted by Gasteiger charge is -2.26. The fraction of sp³-hybridized carbons (Fsp3) is 0.591. The molecule has 4 nitrogen and oxygen atoms in total. The molecule has 2 aromatic rings. The maximum absolute atomic E-state index is 13.1. The third kappa shape index (κ3) is 4.13. The average molecular weight is 390 g/mol. The van der Waals surface area contributed by atoms with E-state index in [1.54, 1.807) is 17.8 Å². The van der Waals surface area contributed by atoms with Gasteiger partial charge in [-0.25, -0.2) is 0 Å². The van der Waals surface area contributed by atoms with Crippen LogP contribution in [0, 0.1) is 5.92 Å². The molecule has 1 unspecified atom stereocenters. The van der Waals surface area contributed by atoms with Gasteiger partial charge in [-0.3, -0.25) is 4.79 Å². The summed E-state index contributed by atoms with van der Waals surface area (Å²) in [6.07, 6.45) is 4.48. The van der Waals surface area contributed by atoms with Crippen LogP contribution in [0.3, 0.4) is 0 Å². The summed E-state index contributed by atoms with van der Waals surface area (Å²) in [6, 6.07) is 5.48. The van der Waals surface area contributed by atoms with Crippen LogP contribution in [-0.2, 0) is 16.6 Å². The van der Waals surface area contributed by atoms with Crippen LogP contribution in [-0.4, -0.2) is 27.0 Å². The number of aromatic hydroxyl groups is 1. The first-order chi connectivity index (χ1) is 12.7. The van der Waals surface area contributed by atoms with Gasteiger partial charge in [0.1, 0.15) is 11.7 Å². The number of aromatic nitrogens is 1. The van der Waals surface area contributed by atoms with E-state index in [1.165, 1.54) is 12.8 Å². The van der Waals surface area contributed by atoms with Crippen LogP contribution in [0.5, 0.6) is 5.75 Å².